The zero-order valence-electron chi connectivity index (χ0n) is 9.42. The van der Waals surface area contributed by atoms with Crippen molar-refractivity contribution in [3.63, 3.8) is 0 Å². The zero-order valence-corrected chi connectivity index (χ0v) is 9.42. The monoisotopic (exact) mass is 274 g/mol. The first-order valence-corrected chi connectivity index (χ1v) is 5.20. The predicted octanol–water partition coefficient (Wildman–Crippen LogP) is 0.382. The number of aliphatic hydroxyl groups is 1. The van der Waals surface area contributed by atoms with E-state index >= 15 is 0 Å². The van der Waals surface area contributed by atoms with E-state index < -0.39 is 24.7 Å². The van der Waals surface area contributed by atoms with Crippen LogP contribution in [0.15, 0.2) is 24.8 Å². The lowest BCUT2D eigenvalue weighted by atomic mass is 10.2. The smallest absolute Gasteiger partial charge is 0.382 e. The molecule has 0 aromatic carbocycles. The second kappa shape index (κ2) is 4.84. The number of fused-ring (bicyclic) bond motifs is 1. The maximum absolute atomic E-state index is 12.1. The minimum absolute atomic E-state index is 0.0856. The van der Waals surface area contributed by atoms with Crippen LogP contribution >= 0.6 is 0 Å². The van der Waals surface area contributed by atoms with E-state index in [1.165, 1.54) is 29.3 Å². The van der Waals surface area contributed by atoms with E-state index in [9.17, 15) is 18.0 Å². The van der Waals surface area contributed by atoms with Crippen LogP contribution in [0.3, 0.4) is 0 Å². The van der Waals surface area contributed by atoms with Crippen molar-refractivity contribution in [2.45, 2.75) is 12.3 Å². The van der Waals surface area contributed by atoms with Gasteiger partial charge in [0, 0.05) is 12.4 Å². The lowest BCUT2D eigenvalue weighted by molar-refractivity contribution is -0.201. The van der Waals surface area contributed by atoms with Crippen molar-refractivity contribution in [1.82, 2.24) is 19.9 Å². The van der Waals surface area contributed by atoms with Gasteiger partial charge in [0.15, 0.2) is 6.10 Å². The van der Waals surface area contributed by atoms with Crippen LogP contribution in [0, 0.1) is 0 Å². The third kappa shape index (κ3) is 2.81. The number of hydrogen-bond donors (Lipinski definition) is 2. The number of halogens is 3. The first-order chi connectivity index (χ1) is 8.89. The highest BCUT2D eigenvalue weighted by Crippen LogP contribution is 2.19. The SMILES string of the molecule is O=C(NCC(O)C(F)(F)F)c1cnn2ccncc12. The molecule has 0 saturated carbocycles. The summed E-state index contributed by atoms with van der Waals surface area (Å²) in [5, 5.41) is 14.6. The van der Waals surface area contributed by atoms with Crippen molar-refractivity contribution in [1.29, 1.82) is 0 Å². The van der Waals surface area contributed by atoms with Gasteiger partial charge in [0.25, 0.3) is 5.91 Å². The van der Waals surface area contributed by atoms with Crippen LogP contribution in [0.1, 0.15) is 10.4 Å². The molecule has 2 aromatic heterocycles. The van der Waals surface area contributed by atoms with Gasteiger partial charge in [-0.05, 0) is 0 Å². The lowest BCUT2D eigenvalue weighted by Crippen LogP contribution is -2.40. The van der Waals surface area contributed by atoms with Crippen LogP contribution in [0.2, 0.25) is 0 Å². The van der Waals surface area contributed by atoms with Crippen LogP contribution in [0.25, 0.3) is 5.52 Å². The van der Waals surface area contributed by atoms with Crippen molar-refractivity contribution >= 4 is 11.4 Å². The Hall–Kier alpha value is -2.16. The van der Waals surface area contributed by atoms with Gasteiger partial charge in [0.05, 0.1) is 30.0 Å². The minimum Gasteiger partial charge on any atom is -0.382 e. The Morgan fingerprint density at radius 3 is 2.89 bits per heavy atom. The summed E-state index contributed by atoms with van der Waals surface area (Å²) in [6, 6.07) is 0. The molecule has 0 aliphatic rings. The molecule has 1 atom stereocenters. The fourth-order valence-electron chi connectivity index (χ4n) is 1.41. The lowest BCUT2D eigenvalue weighted by Gasteiger charge is -2.14. The number of alkyl halides is 3. The quantitative estimate of drug-likeness (QED) is 0.848. The van der Waals surface area contributed by atoms with Crippen molar-refractivity contribution in [3.05, 3.63) is 30.4 Å². The Morgan fingerprint density at radius 1 is 1.47 bits per heavy atom. The molecule has 0 radical (unpaired) electrons. The summed E-state index contributed by atoms with van der Waals surface area (Å²) in [4.78, 5) is 15.5. The Kier molecular flexibility index (Phi) is 3.38. The van der Waals surface area contributed by atoms with Gasteiger partial charge in [-0.25, -0.2) is 4.52 Å². The standard InChI is InChI=1S/C10H9F3N4O2/c11-10(12,13)8(18)5-15-9(19)6-3-16-17-2-1-14-4-7(6)17/h1-4,8,18H,5H2,(H,15,19). The minimum atomic E-state index is -4.77. The molecule has 0 bridgehead atoms. The summed E-state index contributed by atoms with van der Waals surface area (Å²) in [5.74, 6) is -0.758. The summed E-state index contributed by atoms with van der Waals surface area (Å²) in [6.45, 7) is -0.917. The van der Waals surface area contributed by atoms with Gasteiger partial charge in [-0.1, -0.05) is 0 Å². The number of rotatable bonds is 3. The van der Waals surface area contributed by atoms with Crippen LogP contribution in [0.5, 0.6) is 0 Å². The fraction of sp³-hybridized carbons (Fsp3) is 0.300. The largest absolute Gasteiger partial charge is 0.416 e. The van der Waals surface area contributed by atoms with E-state index in [0.29, 0.717) is 5.52 Å². The summed E-state index contributed by atoms with van der Waals surface area (Å²) < 4.78 is 37.6. The normalized spacial score (nSPS) is 13.5. The number of hydrogen-bond acceptors (Lipinski definition) is 4. The average Bonchev–Trinajstić information content (AvgIpc) is 2.78. The van der Waals surface area contributed by atoms with Crippen LogP contribution < -0.4 is 5.32 Å². The topological polar surface area (TPSA) is 79.5 Å². The second-order valence-corrected chi connectivity index (χ2v) is 3.73. The third-order valence-electron chi connectivity index (χ3n) is 2.40. The van der Waals surface area contributed by atoms with Crippen molar-refractivity contribution in [3.8, 4) is 0 Å². The van der Waals surface area contributed by atoms with E-state index in [-0.39, 0.29) is 5.56 Å². The number of amides is 1. The van der Waals surface area contributed by atoms with E-state index in [1.54, 1.807) is 0 Å². The Morgan fingerprint density at radius 2 is 2.21 bits per heavy atom. The molecule has 19 heavy (non-hydrogen) atoms. The molecule has 0 saturated heterocycles. The van der Waals surface area contributed by atoms with E-state index in [0.717, 1.165) is 0 Å². The van der Waals surface area contributed by atoms with Gasteiger partial charge >= 0.3 is 6.18 Å². The molecular formula is C10H9F3N4O2. The third-order valence-corrected chi connectivity index (χ3v) is 2.40. The van der Waals surface area contributed by atoms with Crippen LogP contribution in [-0.4, -0.2) is 44.4 Å². The molecule has 1 amide bonds. The maximum atomic E-state index is 12.1. The molecule has 6 nitrogen and oxygen atoms in total. The van der Waals surface area contributed by atoms with Crippen LogP contribution in [0.4, 0.5) is 13.2 Å². The Bertz CT molecular complexity index is 596. The van der Waals surface area contributed by atoms with E-state index in [2.05, 4.69) is 10.1 Å². The molecule has 2 heterocycles. The van der Waals surface area contributed by atoms with Crippen molar-refractivity contribution in [2.75, 3.05) is 6.54 Å². The molecule has 0 aliphatic heterocycles. The van der Waals surface area contributed by atoms with Gasteiger partial charge in [0.2, 0.25) is 0 Å². The summed E-state index contributed by atoms with van der Waals surface area (Å²) in [5.41, 5.74) is 0.448. The second-order valence-electron chi connectivity index (χ2n) is 3.73. The van der Waals surface area contributed by atoms with E-state index in [4.69, 9.17) is 5.11 Å². The summed E-state index contributed by atoms with van der Waals surface area (Å²) >= 11 is 0. The summed E-state index contributed by atoms with van der Waals surface area (Å²) in [6.07, 6.45) is -1.84. The Balaban J connectivity index is 2.09. The molecule has 0 spiro atoms. The highest BCUT2D eigenvalue weighted by molar-refractivity contribution is 6.00. The number of nitrogens with one attached hydrogen (secondary N) is 1. The number of carbonyl (C=O) groups excluding carboxylic acids is 1. The fourth-order valence-corrected chi connectivity index (χ4v) is 1.41. The molecule has 2 N–H and O–H groups in total. The van der Waals surface area contributed by atoms with E-state index in [1.807, 2.05) is 5.32 Å². The molecule has 102 valence electrons. The zero-order chi connectivity index (χ0) is 14.0. The first-order valence-electron chi connectivity index (χ1n) is 5.20. The molecule has 9 heteroatoms. The van der Waals surface area contributed by atoms with Gasteiger partial charge in [-0.3, -0.25) is 9.78 Å². The molecule has 0 fully saturated rings. The number of aliphatic hydroxyl groups excluding tert-OH is 1. The molecule has 1 unspecified atom stereocenters. The first kappa shape index (κ1) is 13.3. The molecule has 0 aliphatic carbocycles. The van der Waals surface area contributed by atoms with Gasteiger partial charge in [-0.2, -0.15) is 18.3 Å². The average molecular weight is 274 g/mol. The molecular weight excluding hydrogens is 265 g/mol. The highest BCUT2D eigenvalue weighted by atomic mass is 19.4. The number of nitrogens with zero attached hydrogens (tertiary/aromatic N) is 3. The van der Waals surface area contributed by atoms with Gasteiger partial charge in [0.1, 0.15) is 0 Å². The van der Waals surface area contributed by atoms with Crippen LogP contribution in [-0.2, 0) is 0 Å². The number of carbonyl (C=O) groups is 1. The Labute approximate surface area is 104 Å². The maximum Gasteiger partial charge on any atom is 0.416 e. The van der Waals surface area contributed by atoms with Crippen molar-refractivity contribution < 1.29 is 23.1 Å². The molecule has 2 rings (SSSR count). The number of aromatic nitrogens is 3. The highest BCUT2D eigenvalue weighted by Gasteiger charge is 2.38. The van der Waals surface area contributed by atoms with Gasteiger partial charge < -0.3 is 10.4 Å². The predicted molar refractivity (Wildman–Crippen MR) is 57.4 cm³/mol. The van der Waals surface area contributed by atoms with Gasteiger partial charge in [-0.15, -0.1) is 0 Å². The molecule has 2 aromatic rings. The van der Waals surface area contributed by atoms with Crippen molar-refractivity contribution in [2.24, 2.45) is 0 Å². The summed E-state index contributed by atoms with van der Waals surface area (Å²) in [7, 11) is 0.